The molecule has 8 nitrogen and oxygen atoms in total. The molecule has 0 spiro atoms. The van der Waals surface area contributed by atoms with E-state index in [0.717, 1.165) is 5.56 Å². The van der Waals surface area contributed by atoms with Crippen molar-refractivity contribution in [2.75, 3.05) is 24.2 Å². The quantitative estimate of drug-likeness (QED) is 0.477. The van der Waals surface area contributed by atoms with Crippen molar-refractivity contribution < 1.29 is 13.9 Å². The maximum atomic E-state index is 9.03. The molecule has 136 valence electrons. The molecule has 0 aliphatic heterocycles. The fraction of sp³-hybridized carbons (Fsp3) is 0.105. The Balaban J connectivity index is 1.95. The van der Waals surface area contributed by atoms with E-state index in [0.29, 0.717) is 40.8 Å². The summed E-state index contributed by atoms with van der Waals surface area (Å²) in [4.78, 5) is 13.1. The van der Waals surface area contributed by atoms with Gasteiger partial charge in [0.1, 0.15) is 17.2 Å². The standard InChI is InChI=1S/C19H17N5O3/c20-19-23-17(13-3-1-9-26-13)16(18(24-19)14-4-2-10-27-14)12-5-6-21-15(11-12)22-7-8-25/h1-6,9-11,25H,7-8H2,(H,21,22)(H2,20,23,24). The van der Waals surface area contributed by atoms with Crippen LogP contribution in [0.3, 0.4) is 0 Å². The first-order valence-electron chi connectivity index (χ1n) is 8.32. The summed E-state index contributed by atoms with van der Waals surface area (Å²) < 4.78 is 11.1. The number of nitrogens with one attached hydrogen (secondary N) is 1. The number of nitrogens with two attached hydrogens (primary N) is 1. The molecule has 4 aromatic rings. The van der Waals surface area contributed by atoms with Gasteiger partial charge in [0.2, 0.25) is 5.95 Å². The van der Waals surface area contributed by atoms with E-state index in [1.54, 1.807) is 30.9 Å². The molecule has 0 unspecified atom stereocenters. The van der Waals surface area contributed by atoms with Gasteiger partial charge in [0.05, 0.1) is 19.1 Å². The molecule has 0 amide bonds. The van der Waals surface area contributed by atoms with E-state index in [1.165, 1.54) is 0 Å². The van der Waals surface area contributed by atoms with Crippen LogP contribution >= 0.6 is 0 Å². The fourth-order valence-electron chi connectivity index (χ4n) is 2.80. The third-order valence-electron chi connectivity index (χ3n) is 3.90. The van der Waals surface area contributed by atoms with Gasteiger partial charge in [-0.15, -0.1) is 0 Å². The highest BCUT2D eigenvalue weighted by molar-refractivity contribution is 5.89. The van der Waals surface area contributed by atoms with Crippen LogP contribution in [0.25, 0.3) is 34.0 Å². The van der Waals surface area contributed by atoms with Gasteiger partial charge >= 0.3 is 0 Å². The molecule has 0 aromatic carbocycles. The van der Waals surface area contributed by atoms with E-state index >= 15 is 0 Å². The fourth-order valence-corrected chi connectivity index (χ4v) is 2.80. The zero-order valence-electron chi connectivity index (χ0n) is 14.3. The van der Waals surface area contributed by atoms with Crippen LogP contribution in [-0.2, 0) is 0 Å². The van der Waals surface area contributed by atoms with E-state index in [2.05, 4.69) is 20.3 Å². The Labute approximate surface area is 154 Å². The Kier molecular flexibility index (Phi) is 4.54. The molecular weight excluding hydrogens is 346 g/mol. The summed E-state index contributed by atoms with van der Waals surface area (Å²) in [6, 6.07) is 10.9. The van der Waals surface area contributed by atoms with Gasteiger partial charge in [-0.3, -0.25) is 0 Å². The van der Waals surface area contributed by atoms with Crippen molar-refractivity contribution >= 4 is 11.8 Å². The molecule has 0 bridgehead atoms. The highest BCUT2D eigenvalue weighted by atomic mass is 16.3. The minimum Gasteiger partial charge on any atom is -0.463 e. The van der Waals surface area contributed by atoms with Crippen LogP contribution in [0.5, 0.6) is 0 Å². The smallest absolute Gasteiger partial charge is 0.221 e. The van der Waals surface area contributed by atoms with Crippen LogP contribution in [-0.4, -0.2) is 33.2 Å². The molecule has 0 saturated carbocycles. The molecule has 0 radical (unpaired) electrons. The van der Waals surface area contributed by atoms with Gasteiger partial charge in [-0.2, -0.15) is 0 Å². The van der Waals surface area contributed by atoms with Crippen LogP contribution < -0.4 is 11.1 Å². The molecule has 27 heavy (non-hydrogen) atoms. The summed E-state index contributed by atoms with van der Waals surface area (Å²) in [5, 5.41) is 12.1. The number of aromatic nitrogens is 3. The van der Waals surface area contributed by atoms with E-state index in [-0.39, 0.29) is 12.6 Å². The van der Waals surface area contributed by atoms with E-state index in [9.17, 15) is 0 Å². The lowest BCUT2D eigenvalue weighted by atomic mass is 10.00. The van der Waals surface area contributed by atoms with Gasteiger partial charge in [-0.1, -0.05) is 0 Å². The number of nitrogens with zero attached hydrogens (tertiary/aromatic N) is 3. The Hall–Kier alpha value is -3.65. The molecule has 0 fully saturated rings. The van der Waals surface area contributed by atoms with Crippen molar-refractivity contribution in [1.82, 2.24) is 15.0 Å². The predicted molar refractivity (Wildman–Crippen MR) is 101 cm³/mol. The number of pyridine rings is 1. The summed E-state index contributed by atoms with van der Waals surface area (Å²) >= 11 is 0. The maximum Gasteiger partial charge on any atom is 0.221 e. The maximum absolute atomic E-state index is 9.03. The highest BCUT2D eigenvalue weighted by Crippen LogP contribution is 2.39. The molecule has 4 N–H and O–H groups in total. The lowest BCUT2D eigenvalue weighted by molar-refractivity contribution is 0.311. The van der Waals surface area contributed by atoms with Crippen molar-refractivity contribution in [1.29, 1.82) is 0 Å². The molecule has 4 rings (SSSR count). The molecule has 0 saturated heterocycles. The normalized spacial score (nSPS) is 10.9. The second-order valence-corrected chi connectivity index (χ2v) is 5.69. The van der Waals surface area contributed by atoms with Crippen molar-refractivity contribution in [2.24, 2.45) is 0 Å². The van der Waals surface area contributed by atoms with Gasteiger partial charge < -0.3 is 25.0 Å². The third kappa shape index (κ3) is 3.38. The number of hydrogen-bond donors (Lipinski definition) is 3. The largest absolute Gasteiger partial charge is 0.463 e. The zero-order chi connectivity index (χ0) is 18.6. The Morgan fingerprint density at radius 3 is 2.22 bits per heavy atom. The van der Waals surface area contributed by atoms with Gasteiger partial charge in [-0.25, -0.2) is 15.0 Å². The molecular formula is C19H17N5O3. The SMILES string of the molecule is Nc1nc(-c2ccco2)c(-c2ccnc(NCCO)c2)c(-c2ccco2)n1. The minimum absolute atomic E-state index is 0.00613. The number of hydrogen-bond acceptors (Lipinski definition) is 8. The Morgan fingerprint density at radius 2 is 1.67 bits per heavy atom. The van der Waals surface area contributed by atoms with Crippen molar-refractivity contribution in [3.05, 3.63) is 55.1 Å². The van der Waals surface area contributed by atoms with E-state index in [1.807, 2.05) is 24.3 Å². The average Bonchev–Trinajstić information content (AvgIpc) is 3.39. The Bertz CT molecular complexity index is 974. The number of furan rings is 2. The monoisotopic (exact) mass is 363 g/mol. The van der Waals surface area contributed by atoms with Crippen LogP contribution in [0.1, 0.15) is 0 Å². The van der Waals surface area contributed by atoms with Crippen LogP contribution in [0.4, 0.5) is 11.8 Å². The predicted octanol–water partition coefficient (Wildman–Crippen LogP) is 3.05. The minimum atomic E-state index is 0.00613. The van der Waals surface area contributed by atoms with Gasteiger partial charge in [-0.05, 0) is 42.0 Å². The Morgan fingerprint density at radius 1 is 1.00 bits per heavy atom. The summed E-state index contributed by atoms with van der Waals surface area (Å²) in [6.07, 6.45) is 4.82. The summed E-state index contributed by atoms with van der Waals surface area (Å²) in [6.45, 7) is 0.400. The lowest BCUT2D eigenvalue weighted by Crippen LogP contribution is -2.07. The first-order chi connectivity index (χ1) is 13.3. The average molecular weight is 363 g/mol. The highest BCUT2D eigenvalue weighted by Gasteiger charge is 2.21. The molecule has 8 heteroatoms. The topological polar surface area (TPSA) is 123 Å². The zero-order valence-corrected chi connectivity index (χ0v) is 14.3. The second kappa shape index (κ2) is 7.30. The lowest BCUT2D eigenvalue weighted by Gasteiger charge is -2.13. The first kappa shape index (κ1) is 16.8. The molecule has 0 aliphatic carbocycles. The number of rotatable bonds is 6. The second-order valence-electron chi connectivity index (χ2n) is 5.69. The number of aliphatic hydroxyl groups is 1. The number of anilines is 2. The van der Waals surface area contributed by atoms with E-state index < -0.39 is 0 Å². The summed E-state index contributed by atoms with van der Waals surface area (Å²) in [5.41, 5.74) is 8.58. The van der Waals surface area contributed by atoms with Crippen molar-refractivity contribution in [3.63, 3.8) is 0 Å². The van der Waals surface area contributed by atoms with Crippen LogP contribution in [0.2, 0.25) is 0 Å². The first-order valence-corrected chi connectivity index (χ1v) is 8.32. The van der Waals surface area contributed by atoms with Crippen molar-refractivity contribution in [2.45, 2.75) is 0 Å². The van der Waals surface area contributed by atoms with Crippen LogP contribution in [0.15, 0.2) is 64.0 Å². The van der Waals surface area contributed by atoms with Gasteiger partial charge in [0.25, 0.3) is 0 Å². The third-order valence-corrected chi connectivity index (χ3v) is 3.90. The van der Waals surface area contributed by atoms with Crippen molar-refractivity contribution in [3.8, 4) is 34.0 Å². The molecule has 4 heterocycles. The van der Waals surface area contributed by atoms with Crippen LogP contribution in [0, 0.1) is 0 Å². The van der Waals surface area contributed by atoms with Gasteiger partial charge in [0, 0.05) is 18.3 Å². The molecule has 0 aliphatic rings. The molecule has 4 aromatic heterocycles. The molecule has 0 atom stereocenters. The summed E-state index contributed by atoms with van der Waals surface area (Å²) in [5.74, 6) is 1.86. The summed E-state index contributed by atoms with van der Waals surface area (Å²) in [7, 11) is 0. The van der Waals surface area contributed by atoms with Gasteiger partial charge in [0.15, 0.2) is 11.5 Å². The number of aliphatic hydroxyl groups excluding tert-OH is 1. The number of nitrogen functional groups attached to an aromatic ring is 1. The van der Waals surface area contributed by atoms with E-state index in [4.69, 9.17) is 19.7 Å².